The van der Waals surface area contributed by atoms with Crippen molar-refractivity contribution in [2.24, 2.45) is 0 Å². The van der Waals surface area contributed by atoms with Crippen LogP contribution in [0.15, 0.2) is 36.7 Å². The zero-order valence-corrected chi connectivity index (χ0v) is 13.9. The van der Waals surface area contributed by atoms with Gasteiger partial charge in [-0.3, -0.25) is 9.78 Å². The lowest BCUT2D eigenvalue weighted by molar-refractivity contribution is -0.137. The first-order valence-electron chi connectivity index (χ1n) is 7.41. The predicted octanol–water partition coefficient (Wildman–Crippen LogP) is 3.37. The third-order valence-corrected chi connectivity index (χ3v) is 3.47. The van der Waals surface area contributed by atoms with Crippen LogP contribution in [0.1, 0.15) is 18.1 Å². The molecule has 0 amide bonds. The van der Waals surface area contributed by atoms with Crippen LogP contribution in [0.3, 0.4) is 0 Å². The summed E-state index contributed by atoms with van der Waals surface area (Å²) >= 11 is 0. The Balaban J connectivity index is 0.000000817. The van der Waals surface area contributed by atoms with Gasteiger partial charge >= 0.3 is 6.18 Å². The molecule has 0 bridgehead atoms. The molecular formula is C18H13F3N4O2. The average Bonchev–Trinajstić information content (AvgIpc) is 2.63. The van der Waals surface area contributed by atoms with Crippen molar-refractivity contribution >= 4 is 23.1 Å². The quantitative estimate of drug-likeness (QED) is 0.500. The first-order chi connectivity index (χ1) is 12.8. The Kier molecular flexibility index (Phi) is 5.92. The molecule has 0 unspecified atom stereocenters. The summed E-state index contributed by atoms with van der Waals surface area (Å²) in [5, 5.41) is 16.1. The van der Waals surface area contributed by atoms with E-state index < -0.39 is 11.7 Å². The highest BCUT2D eigenvalue weighted by Crippen LogP contribution is 2.35. The molecule has 0 aliphatic heterocycles. The first-order valence-corrected chi connectivity index (χ1v) is 7.41. The summed E-state index contributed by atoms with van der Waals surface area (Å²) in [5.41, 5.74) is 6.12. The molecule has 0 fully saturated rings. The number of carbonyl (C=O) groups is 1. The van der Waals surface area contributed by atoms with Crippen molar-refractivity contribution < 1.29 is 23.1 Å². The maximum atomic E-state index is 12.9. The minimum atomic E-state index is -4.44. The molecule has 3 rings (SSSR count). The van der Waals surface area contributed by atoms with Gasteiger partial charge in [0.2, 0.25) is 0 Å². The molecule has 138 valence electrons. The highest BCUT2D eigenvalue weighted by molar-refractivity contribution is 5.99. The number of hydrogen-bond acceptors (Lipinski definition) is 5. The molecule has 2 aromatic heterocycles. The summed E-state index contributed by atoms with van der Waals surface area (Å²) in [6, 6.07) is 5.05. The Bertz CT molecular complexity index is 1040. The van der Waals surface area contributed by atoms with Gasteiger partial charge in [0.15, 0.2) is 5.82 Å². The fourth-order valence-corrected chi connectivity index (χ4v) is 2.38. The van der Waals surface area contributed by atoms with Gasteiger partial charge in [0.25, 0.3) is 6.47 Å². The summed E-state index contributed by atoms with van der Waals surface area (Å²) in [6.45, 7) is 1.31. The fraction of sp³-hybridized carbons (Fsp3) is 0.111. The minimum Gasteiger partial charge on any atom is -0.483 e. The van der Waals surface area contributed by atoms with Crippen molar-refractivity contribution in [2.45, 2.75) is 13.1 Å². The molecular weight excluding hydrogens is 361 g/mol. The number of pyridine rings is 1. The van der Waals surface area contributed by atoms with E-state index in [1.807, 2.05) is 0 Å². The zero-order valence-electron chi connectivity index (χ0n) is 13.9. The van der Waals surface area contributed by atoms with Crippen LogP contribution in [0, 0.1) is 11.8 Å². The monoisotopic (exact) mass is 374 g/mol. The van der Waals surface area contributed by atoms with Gasteiger partial charge in [-0.25, -0.2) is 0 Å². The molecule has 3 aromatic rings. The van der Waals surface area contributed by atoms with E-state index in [-0.39, 0.29) is 17.9 Å². The largest absolute Gasteiger partial charge is 0.483 e. The van der Waals surface area contributed by atoms with Gasteiger partial charge in [-0.15, -0.1) is 16.1 Å². The van der Waals surface area contributed by atoms with Gasteiger partial charge in [0, 0.05) is 34.3 Å². The normalized spacial score (nSPS) is 10.4. The lowest BCUT2D eigenvalue weighted by Crippen LogP contribution is -2.06. The van der Waals surface area contributed by atoms with Gasteiger partial charge in [-0.2, -0.15) is 13.2 Å². The van der Waals surface area contributed by atoms with Gasteiger partial charge in [0.1, 0.15) is 5.69 Å². The van der Waals surface area contributed by atoms with Crippen LogP contribution in [0.5, 0.6) is 0 Å². The number of alkyl halides is 3. The van der Waals surface area contributed by atoms with Crippen molar-refractivity contribution in [3.05, 3.63) is 47.8 Å². The number of benzene rings is 1. The second-order valence-electron chi connectivity index (χ2n) is 5.09. The van der Waals surface area contributed by atoms with Gasteiger partial charge < -0.3 is 10.8 Å². The Morgan fingerprint density at radius 3 is 2.52 bits per heavy atom. The van der Waals surface area contributed by atoms with Crippen molar-refractivity contribution in [3.63, 3.8) is 0 Å². The molecule has 6 nitrogen and oxygen atoms in total. The van der Waals surface area contributed by atoms with E-state index in [0.717, 1.165) is 12.1 Å². The highest BCUT2D eigenvalue weighted by Gasteiger charge is 2.31. The fourth-order valence-electron chi connectivity index (χ4n) is 2.38. The summed E-state index contributed by atoms with van der Waals surface area (Å²) in [4.78, 5) is 12.4. The molecule has 0 spiro atoms. The summed E-state index contributed by atoms with van der Waals surface area (Å²) in [6.07, 6.45) is -1.35. The molecule has 0 aliphatic carbocycles. The van der Waals surface area contributed by atoms with Gasteiger partial charge in [-0.05, 0) is 25.1 Å². The van der Waals surface area contributed by atoms with Crippen LogP contribution in [-0.2, 0) is 11.0 Å². The number of nitrogens with zero attached hydrogens (tertiary/aromatic N) is 3. The smallest absolute Gasteiger partial charge is 0.416 e. The number of halogens is 3. The first kappa shape index (κ1) is 19.7. The second kappa shape index (κ2) is 8.14. The van der Waals surface area contributed by atoms with Crippen LogP contribution in [0.25, 0.3) is 22.0 Å². The SMILES string of the molecule is CC#Cc1cc(C(F)(F)F)ccc1-c1nnc(N)c2cnccc12.O=CO. The number of carboxylic acid groups (broad SMARTS) is 1. The molecule has 0 radical (unpaired) electrons. The molecule has 0 saturated heterocycles. The predicted molar refractivity (Wildman–Crippen MR) is 93.4 cm³/mol. The molecule has 2 heterocycles. The maximum Gasteiger partial charge on any atom is 0.416 e. The Hall–Kier alpha value is -3.67. The molecule has 3 N–H and O–H groups in total. The number of fused-ring (bicyclic) bond motifs is 1. The average molecular weight is 374 g/mol. The van der Waals surface area contributed by atoms with E-state index in [4.69, 9.17) is 15.6 Å². The lowest BCUT2D eigenvalue weighted by atomic mass is 9.98. The Labute approximate surface area is 151 Å². The summed E-state index contributed by atoms with van der Waals surface area (Å²) in [5.74, 6) is 5.54. The topological polar surface area (TPSA) is 102 Å². The molecule has 27 heavy (non-hydrogen) atoms. The van der Waals surface area contributed by atoms with E-state index in [9.17, 15) is 13.2 Å². The van der Waals surface area contributed by atoms with Crippen molar-refractivity contribution in [3.8, 4) is 23.1 Å². The Morgan fingerprint density at radius 1 is 1.19 bits per heavy atom. The number of hydrogen-bond donors (Lipinski definition) is 2. The second-order valence-corrected chi connectivity index (χ2v) is 5.09. The van der Waals surface area contributed by atoms with Crippen molar-refractivity contribution in [2.75, 3.05) is 5.73 Å². The number of anilines is 1. The van der Waals surface area contributed by atoms with Crippen LogP contribution < -0.4 is 5.73 Å². The molecule has 9 heteroatoms. The number of aromatic nitrogens is 3. The van der Waals surface area contributed by atoms with E-state index in [0.29, 0.717) is 22.0 Å². The molecule has 0 aliphatic rings. The van der Waals surface area contributed by atoms with Crippen LogP contribution in [0.2, 0.25) is 0 Å². The maximum absolute atomic E-state index is 12.9. The standard InChI is InChI=1S/C17H11F3N4.CH2O2/c1-2-3-10-8-11(17(18,19)20)4-5-12(10)15-13-6-7-22-9-14(13)16(21)24-23-15;2-1-3/h4-9H,1H3,(H2,21,24);1H,(H,2,3). The van der Waals surface area contributed by atoms with Crippen LogP contribution in [-0.4, -0.2) is 26.8 Å². The van der Waals surface area contributed by atoms with Crippen molar-refractivity contribution in [1.29, 1.82) is 0 Å². The Morgan fingerprint density at radius 2 is 1.89 bits per heavy atom. The zero-order chi connectivity index (χ0) is 20.0. The molecule has 0 atom stereocenters. The van der Waals surface area contributed by atoms with E-state index >= 15 is 0 Å². The van der Waals surface area contributed by atoms with Gasteiger partial charge in [0.05, 0.1) is 5.56 Å². The van der Waals surface area contributed by atoms with E-state index in [1.54, 1.807) is 19.2 Å². The number of nitrogen functional groups attached to an aromatic ring is 1. The van der Waals surface area contributed by atoms with Gasteiger partial charge in [-0.1, -0.05) is 12.0 Å². The molecule has 1 aromatic carbocycles. The summed E-state index contributed by atoms with van der Waals surface area (Å²) < 4.78 is 38.8. The van der Waals surface area contributed by atoms with Crippen LogP contribution >= 0.6 is 0 Å². The van der Waals surface area contributed by atoms with E-state index in [1.165, 1.54) is 12.3 Å². The molecule has 0 saturated carbocycles. The summed E-state index contributed by atoms with van der Waals surface area (Å²) in [7, 11) is 0. The number of rotatable bonds is 1. The highest BCUT2D eigenvalue weighted by atomic mass is 19.4. The van der Waals surface area contributed by atoms with Crippen molar-refractivity contribution in [1.82, 2.24) is 15.2 Å². The van der Waals surface area contributed by atoms with Crippen LogP contribution in [0.4, 0.5) is 19.0 Å². The third-order valence-electron chi connectivity index (χ3n) is 3.47. The number of nitrogens with two attached hydrogens (primary N) is 1. The minimum absolute atomic E-state index is 0.205. The third kappa shape index (κ3) is 4.30. The lowest BCUT2D eigenvalue weighted by Gasteiger charge is -2.12. The van der Waals surface area contributed by atoms with E-state index in [2.05, 4.69) is 27.0 Å².